The number of hydrogen-bond donors (Lipinski definition) is 1. The number of aryl methyl sites for hydroxylation is 1. The van der Waals surface area contributed by atoms with Gasteiger partial charge in [-0.15, -0.1) is 0 Å². The third-order valence-corrected chi connectivity index (χ3v) is 3.63. The van der Waals surface area contributed by atoms with Crippen molar-refractivity contribution >= 4 is 45.1 Å². The Kier molecular flexibility index (Phi) is 4.59. The van der Waals surface area contributed by atoms with E-state index in [-0.39, 0.29) is 16.5 Å². The molecule has 0 saturated heterocycles. The molecule has 0 unspecified atom stereocenters. The molecule has 5 nitrogen and oxygen atoms in total. The predicted octanol–water partition coefficient (Wildman–Crippen LogP) is 4.78. The largest absolute Gasteiger partial charge is 0.506 e. The molecule has 0 spiro atoms. The van der Waals surface area contributed by atoms with Crippen molar-refractivity contribution in [2.24, 2.45) is 4.99 Å². The number of aliphatic imine (C=N–C) groups is 1. The lowest BCUT2D eigenvalue weighted by atomic mass is 10.1. The van der Waals surface area contributed by atoms with Crippen LogP contribution in [0.5, 0.6) is 5.75 Å². The quantitative estimate of drug-likeness (QED) is 0.481. The van der Waals surface area contributed by atoms with Crippen molar-refractivity contribution in [3.05, 3.63) is 61.1 Å². The number of halogens is 2. The minimum absolute atomic E-state index is 0.0717. The number of hydrogen-bond acceptors (Lipinski definition) is 4. The van der Waals surface area contributed by atoms with Crippen LogP contribution in [0.1, 0.15) is 11.1 Å². The molecule has 0 amide bonds. The van der Waals surface area contributed by atoms with Crippen molar-refractivity contribution < 1.29 is 10.0 Å². The molecule has 108 valence electrons. The highest BCUT2D eigenvalue weighted by Crippen LogP contribution is 2.31. The molecule has 1 N–H and O–H groups in total. The summed E-state index contributed by atoms with van der Waals surface area (Å²) in [5.41, 5.74) is 1.77. The lowest BCUT2D eigenvalue weighted by Crippen LogP contribution is -1.88. The molecular weight excluding hydrogens is 360 g/mol. The molecule has 7 heteroatoms. The van der Waals surface area contributed by atoms with Crippen LogP contribution in [-0.2, 0) is 0 Å². The van der Waals surface area contributed by atoms with Crippen LogP contribution in [0.25, 0.3) is 0 Å². The second-order valence-corrected chi connectivity index (χ2v) is 5.60. The van der Waals surface area contributed by atoms with Crippen molar-refractivity contribution in [1.82, 2.24) is 0 Å². The molecule has 2 aromatic rings. The van der Waals surface area contributed by atoms with Crippen LogP contribution in [-0.4, -0.2) is 16.2 Å². The minimum Gasteiger partial charge on any atom is -0.506 e. The third-order valence-electron chi connectivity index (χ3n) is 2.72. The van der Waals surface area contributed by atoms with E-state index in [9.17, 15) is 15.2 Å². The fraction of sp³-hybridized carbons (Fsp3) is 0.0714. The molecule has 0 fully saturated rings. The normalized spacial score (nSPS) is 11.0. The first-order chi connectivity index (χ1) is 9.88. The zero-order chi connectivity index (χ0) is 15.6. The van der Waals surface area contributed by atoms with Crippen molar-refractivity contribution in [2.75, 3.05) is 0 Å². The summed E-state index contributed by atoms with van der Waals surface area (Å²) in [4.78, 5) is 14.3. The highest BCUT2D eigenvalue weighted by molar-refractivity contribution is 9.10. The van der Waals surface area contributed by atoms with Crippen LogP contribution >= 0.6 is 27.5 Å². The molecule has 0 aliphatic rings. The average Bonchev–Trinajstić information content (AvgIpc) is 2.42. The van der Waals surface area contributed by atoms with Crippen LogP contribution < -0.4 is 0 Å². The molecule has 0 radical (unpaired) electrons. The predicted molar refractivity (Wildman–Crippen MR) is 85.9 cm³/mol. The number of nitro benzene ring substituents is 1. The van der Waals surface area contributed by atoms with Gasteiger partial charge in [-0.2, -0.15) is 0 Å². The van der Waals surface area contributed by atoms with Crippen molar-refractivity contribution in [1.29, 1.82) is 0 Å². The summed E-state index contributed by atoms with van der Waals surface area (Å²) in [5, 5.41) is 20.7. The van der Waals surface area contributed by atoms with E-state index < -0.39 is 4.92 Å². The van der Waals surface area contributed by atoms with Gasteiger partial charge >= 0.3 is 0 Å². The van der Waals surface area contributed by atoms with E-state index in [1.54, 1.807) is 12.1 Å². The molecule has 0 aliphatic heterocycles. The summed E-state index contributed by atoms with van der Waals surface area (Å²) in [6, 6.07) is 7.57. The van der Waals surface area contributed by atoms with Gasteiger partial charge in [0.15, 0.2) is 0 Å². The summed E-state index contributed by atoms with van der Waals surface area (Å²) in [6.45, 7) is 1.89. The van der Waals surface area contributed by atoms with Crippen LogP contribution in [0.3, 0.4) is 0 Å². The van der Waals surface area contributed by atoms with Gasteiger partial charge in [0.25, 0.3) is 5.69 Å². The molecule has 0 heterocycles. The van der Waals surface area contributed by atoms with Crippen molar-refractivity contribution in [2.45, 2.75) is 6.92 Å². The van der Waals surface area contributed by atoms with E-state index in [4.69, 9.17) is 11.6 Å². The van der Waals surface area contributed by atoms with Crippen LogP contribution in [0.2, 0.25) is 5.02 Å². The van der Waals surface area contributed by atoms with E-state index in [0.29, 0.717) is 15.7 Å². The van der Waals surface area contributed by atoms with Gasteiger partial charge in [-0.25, -0.2) is 0 Å². The van der Waals surface area contributed by atoms with E-state index in [1.807, 2.05) is 6.92 Å². The molecular formula is C14H10BrClN2O3. The SMILES string of the molecule is Cc1cc(Br)c(O)c(C=Nc2ccc([N+](=O)[O-])cc2Cl)c1. The number of nitro groups is 1. The second-order valence-electron chi connectivity index (χ2n) is 4.34. The summed E-state index contributed by atoms with van der Waals surface area (Å²) < 4.78 is 0.568. The number of phenols is 1. The Morgan fingerprint density at radius 1 is 1.38 bits per heavy atom. The monoisotopic (exact) mass is 368 g/mol. The number of rotatable bonds is 3. The maximum absolute atomic E-state index is 10.6. The molecule has 0 bridgehead atoms. The Labute approximate surface area is 134 Å². The fourth-order valence-corrected chi connectivity index (χ4v) is 2.53. The van der Waals surface area contributed by atoms with Gasteiger partial charge in [0, 0.05) is 23.9 Å². The zero-order valence-electron chi connectivity index (χ0n) is 10.9. The molecule has 0 saturated carbocycles. The number of nitrogens with zero attached hydrogens (tertiary/aromatic N) is 2. The Morgan fingerprint density at radius 3 is 2.71 bits per heavy atom. The summed E-state index contributed by atoms with van der Waals surface area (Å²) in [5.74, 6) is 0.0717. The Hall–Kier alpha value is -1.92. The molecule has 0 aliphatic carbocycles. The van der Waals surface area contributed by atoms with E-state index in [2.05, 4.69) is 20.9 Å². The van der Waals surface area contributed by atoms with Gasteiger partial charge in [0.05, 0.1) is 20.1 Å². The Morgan fingerprint density at radius 2 is 2.10 bits per heavy atom. The van der Waals surface area contributed by atoms with Crippen LogP contribution in [0, 0.1) is 17.0 Å². The lowest BCUT2D eigenvalue weighted by molar-refractivity contribution is -0.384. The van der Waals surface area contributed by atoms with Gasteiger partial charge in [-0.3, -0.25) is 15.1 Å². The van der Waals surface area contributed by atoms with Gasteiger partial charge in [-0.05, 0) is 46.6 Å². The Bertz CT molecular complexity index is 747. The number of phenolic OH excluding ortho intramolecular Hbond substituents is 1. The zero-order valence-corrected chi connectivity index (χ0v) is 13.2. The summed E-state index contributed by atoms with van der Waals surface area (Å²) in [6.07, 6.45) is 1.46. The number of aromatic hydroxyl groups is 1. The maximum atomic E-state index is 10.6. The third kappa shape index (κ3) is 3.59. The number of benzene rings is 2. The fourth-order valence-electron chi connectivity index (χ4n) is 1.71. The van der Waals surface area contributed by atoms with Crippen LogP contribution in [0.15, 0.2) is 39.8 Å². The maximum Gasteiger partial charge on any atom is 0.271 e. The summed E-state index contributed by atoms with van der Waals surface area (Å²) >= 11 is 9.20. The van der Waals surface area contributed by atoms with E-state index in [0.717, 1.165) is 5.56 Å². The smallest absolute Gasteiger partial charge is 0.271 e. The molecule has 0 atom stereocenters. The van der Waals surface area contributed by atoms with Gasteiger partial charge in [0.1, 0.15) is 5.75 Å². The van der Waals surface area contributed by atoms with E-state index >= 15 is 0 Å². The first kappa shape index (κ1) is 15.5. The summed E-state index contributed by atoms with van der Waals surface area (Å²) in [7, 11) is 0. The van der Waals surface area contributed by atoms with Crippen molar-refractivity contribution in [3.8, 4) is 5.75 Å². The Balaban J connectivity index is 2.36. The molecule has 0 aromatic heterocycles. The van der Waals surface area contributed by atoms with Gasteiger partial charge in [-0.1, -0.05) is 11.6 Å². The highest BCUT2D eigenvalue weighted by atomic mass is 79.9. The minimum atomic E-state index is -0.525. The van der Waals surface area contributed by atoms with Gasteiger partial charge in [0.2, 0.25) is 0 Å². The van der Waals surface area contributed by atoms with Crippen LogP contribution in [0.4, 0.5) is 11.4 Å². The standard InChI is InChI=1S/C14H10BrClN2O3/c1-8-4-9(14(19)11(15)5-8)7-17-13-3-2-10(18(20)21)6-12(13)16/h2-7,19H,1H3. The molecule has 2 aromatic carbocycles. The van der Waals surface area contributed by atoms with Crippen molar-refractivity contribution in [3.63, 3.8) is 0 Å². The van der Waals surface area contributed by atoms with Gasteiger partial charge < -0.3 is 5.11 Å². The lowest BCUT2D eigenvalue weighted by Gasteiger charge is -2.04. The average molecular weight is 370 g/mol. The first-order valence-electron chi connectivity index (χ1n) is 5.85. The topological polar surface area (TPSA) is 75.7 Å². The molecule has 2 rings (SSSR count). The molecule has 21 heavy (non-hydrogen) atoms. The first-order valence-corrected chi connectivity index (χ1v) is 7.02. The second kappa shape index (κ2) is 6.24. The van der Waals surface area contributed by atoms with E-state index in [1.165, 1.54) is 24.4 Å². The number of non-ortho nitro benzene ring substituents is 1. The highest BCUT2D eigenvalue weighted by Gasteiger charge is 2.09.